The molecule has 0 aliphatic carbocycles. The topological polar surface area (TPSA) is 36.4 Å². The summed E-state index contributed by atoms with van der Waals surface area (Å²) in [6.45, 7) is 2.43. The van der Waals surface area contributed by atoms with Crippen molar-refractivity contribution in [2.75, 3.05) is 31.1 Å². The lowest BCUT2D eigenvalue weighted by molar-refractivity contribution is 0.0746. The Morgan fingerprint density at radius 3 is 2.48 bits per heavy atom. The van der Waals surface area contributed by atoms with E-state index in [2.05, 4.69) is 4.98 Å². The van der Waals surface area contributed by atoms with Gasteiger partial charge in [-0.05, 0) is 24.3 Å². The van der Waals surface area contributed by atoms with Gasteiger partial charge >= 0.3 is 0 Å². The number of piperazine rings is 1. The molecule has 2 heterocycles. The van der Waals surface area contributed by atoms with Gasteiger partial charge in [-0.15, -0.1) is 0 Å². The van der Waals surface area contributed by atoms with Gasteiger partial charge in [-0.1, -0.05) is 12.1 Å². The maximum absolute atomic E-state index is 13.8. The molecule has 1 aromatic heterocycles. The molecule has 4 nitrogen and oxygen atoms in total. The fourth-order valence-electron chi connectivity index (χ4n) is 2.53. The van der Waals surface area contributed by atoms with Crippen molar-refractivity contribution in [3.63, 3.8) is 0 Å². The number of carbonyl (C=O) groups excluding carboxylic acids is 1. The summed E-state index contributed by atoms with van der Waals surface area (Å²) in [5.74, 6) is -0.235. The van der Waals surface area contributed by atoms with Crippen LogP contribution in [0.3, 0.4) is 0 Å². The molecule has 0 unspecified atom stereocenters. The van der Waals surface area contributed by atoms with E-state index >= 15 is 0 Å². The predicted molar refractivity (Wildman–Crippen MR) is 78.8 cm³/mol. The van der Waals surface area contributed by atoms with Crippen molar-refractivity contribution >= 4 is 11.6 Å². The van der Waals surface area contributed by atoms with Gasteiger partial charge in [0.05, 0.1) is 11.3 Å². The fourth-order valence-corrected chi connectivity index (χ4v) is 2.53. The number of para-hydroxylation sites is 1. The van der Waals surface area contributed by atoms with E-state index in [9.17, 15) is 9.18 Å². The van der Waals surface area contributed by atoms with Gasteiger partial charge in [-0.25, -0.2) is 4.39 Å². The number of amides is 1. The summed E-state index contributed by atoms with van der Waals surface area (Å²) in [4.78, 5) is 20.0. The SMILES string of the molecule is O=C(c1cccnc1)N1CCN(c2ccccc2F)CC1. The number of rotatable bonds is 2. The minimum atomic E-state index is -0.218. The lowest BCUT2D eigenvalue weighted by Gasteiger charge is -2.36. The number of hydrogen-bond donors (Lipinski definition) is 0. The van der Waals surface area contributed by atoms with Crippen LogP contribution in [0, 0.1) is 5.82 Å². The first-order chi connectivity index (χ1) is 10.3. The third-order valence-corrected chi connectivity index (χ3v) is 3.67. The van der Waals surface area contributed by atoms with E-state index < -0.39 is 0 Å². The summed E-state index contributed by atoms with van der Waals surface area (Å²) < 4.78 is 13.8. The van der Waals surface area contributed by atoms with Crippen molar-refractivity contribution in [3.8, 4) is 0 Å². The summed E-state index contributed by atoms with van der Waals surface area (Å²) in [7, 11) is 0. The van der Waals surface area contributed by atoms with Gasteiger partial charge in [-0.2, -0.15) is 0 Å². The summed E-state index contributed by atoms with van der Waals surface area (Å²) >= 11 is 0. The van der Waals surface area contributed by atoms with Crippen molar-refractivity contribution in [3.05, 3.63) is 60.2 Å². The minimum absolute atomic E-state index is 0.0173. The first-order valence-corrected chi connectivity index (χ1v) is 6.94. The average molecular weight is 285 g/mol. The standard InChI is InChI=1S/C16H16FN3O/c17-14-5-1-2-6-15(14)19-8-10-20(11-9-19)16(21)13-4-3-7-18-12-13/h1-7,12H,8-11H2. The van der Waals surface area contributed by atoms with E-state index in [-0.39, 0.29) is 11.7 Å². The number of benzene rings is 1. The molecule has 1 fully saturated rings. The summed E-state index contributed by atoms with van der Waals surface area (Å²) in [6.07, 6.45) is 3.22. The quantitative estimate of drug-likeness (QED) is 0.848. The molecule has 0 bridgehead atoms. The van der Waals surface area contributed by atoms with E-state index in [1.165, 1.54) is 6.07 Å². The minimum Gasteiger partial charge on any atom is -0.366 e. The van der Waals surface area contributed by atoms with Crippen LogP contribution in [0.15, 0.2) is 48.8 Å². The molecule has 108 valence electrons. The highest BCUT2D eigenvalue weighted by Gasteiger charge is 2.23. The highest BCUT2D eigenvalue weighted by molar-refractivity contribution is 5.94. The molecule has 0 spiro atoms. The molecule has 0 radical (unpaired) electrons. The summed E-state index contributed by atoms with van der Waals surface area (Å²) in [6, 6.07) is 10.3. The zero-order valence-electron chi connectivity index (χ0n) is 11.6. The zero-order valence-corrected chi connectivity index (χ0v) is 11.6. The Morgan fingerprint density at radius 1 is 1.05 bits per heavy atom. The molecular formula is C16H16FN3O. The van der Waals surface area contributed by atoms with E-state index in [1.54, 1.807) is 41.6 Å². The molecule has 1 aliphatic rings. The van der Waals surface area contributed by atoms with E-state index in [0.29, 0.717) is 37.4 Å². The Hall–Kier alpha value is -2.43. The number of hydrogen-bond acceptors (Lipinski definition) is 3. The monoisotopic (exact) mass is 285 g/mol. The Bertz CT molecular complexity index is 624. The van der Waals surface area contributed by atoms with Gasteiger partial charge in [0, 0.05) is 38.6 Å². The van der Waals surface area contributed by atoms with Crippen molar-refractivity contribution in [1.29, 1.82) is 0 Å². The number of anilines is 1. The second kappa shape index (κ2) is 5.91. The first kappa shape index (κ1) is 13.5. The lowest BCUT2D eigenvalue weighted by atomic mass is 10.2. The van der Waals surface area contributed by atoms with Crippen LogP contribution < -0.4 is 4.90 Å². The smallest absolute Gasteiger partial charge is 0.255 e. The molecule has 0 atom stereocenters. The number of pyridine rings is 1. The highest BCUT2D eigenvalue weighted by atomic mass is 19.1. The third kappa shape index (κ3) is 2.86. The third-order valence-electron chi connectivity index (χ3n) is 3.67. The van der Waals surface area contributed by atoms with Crippen LogP contribution in [-0.4, -0.2) is 42.0 Å². The Balaban J connectivity index is 1.66. The van der Waals surface area contributed by atoms with Gasteiger partial charge in [-0.3, -0.25) is 9.78 Å². The normalized spacial score (nSPS) is 15.1. The Kier molecular flexibility index (Phi) is 3.81. The van der Waals surface area contributed by atoms with E-state index in [4.69, 9.17) is 0 Å². The van der Waals surface area contributed by atoms with Crippen LogP contribution in [0.5, 0.6) is 0 Å². The van der Waals surface area contributed by atoms with Crippen molar-refractivity contribution in [2.24, 2.45) is 0 Å². The number of nitrogens with zero attached hydrogens (tertiary/aromatic N) is 3. The second-order valence-corrected chi connectivity index (χ2v) is 4.97. The number of carbonyl (C=O) groups is 1. The maximum atomic E-state index is 13.8. The van der Waals surface area contributed by atoms with Gasteiger partial charge in [0.1, 0.15) is 5.82 Å². The molecule has 1 aliphatic heterocycles. The fraction of sp³-hybridized carbons (Fsp3) is 0.250. The lowest BCUT2D eigenvalue weighted by Crippen LogP contribution is -2.49. The van der Waals surface area contributed by atoms with Crippen LogP contribution in [0.2, 0.25) is 0 Å². The Labute approximate surface area is 122 Å². The molecule has 5 heteroatoms. The van der Waals surface area contributed by atoms with Gasteiger partial charge < -0.3 is 9.80 Å². The summed E-state index contributed by atoms with van der Waals surface area (Å²) in [5, 5.41) is 0. The second-order valence-electron chi connectivity index (χ2n) is 4.97. The molecular weight excluding hydrogens is 269 g/mol. The first-order valence-electron chi connectivity index (χ1n) is 6.94. The molecule has 3 rings (SSSR count). The van der Waals surface area contributed by atoms with E-state index in [0.717, 1.165) is 0 Å². The van der Waals surface area contributed by atoms with Crippen molar-refractivity contribution in [1.82, 2.24) is 9.88 Å². The summed E-state index contributed by atoms with van der Waals surface area (Å²) in [5.41, 5.74) is 1.20. The highest BCUT2D eigenvalue weighted by Crippen LogP contribution is 2.20. The van der Waals surface area contributed by atoms with Crippen LogP contribution in [0.4, 0.5) is 10.1 Å². The molecule has 1 amide bonds. The zero-order chi connectivity index (χ0) is 14.7. The number of halogens is 1. The van der Waals surface area contributed by atoms with Crippen LogP contribution >= 0.6 is 0 Å². The average Bonchev–Trinajstić information content (AvgIpc) is 2.56. The van der Waals surface area contributed by atoms with Crippen molar-refractivity contribution in [2.45, 2.75) is 0 Å². The maximum Gasteiger partial charge on any atom is 0.255 e. The largest absolute Gasteiger partial charge is 0.366 e. The van der Waals surface area contributed by atoms with Crippen LogP contribution in [0.25, 0.3) is 0 Å². The van der Waals surface area contributed by atoms with Crippen molar-refractivity contribution < 1.29 is 9.18 Å². The molecule has 0 saturated carbocycles. The predicted octanol–water partition coefficient (Wildman–Crippen LogP) is 2.18. The molecule has 1 aromatic carbocycles. The van der Waals surface area contributed by atoms with Gasteiger partial charge in [0.15, 0.2) is 0 Å². The van der Waals surface area contributed by atoms with Crippen LogP contribution in [-0.2, 0) is 0 Å². The van der Waals surface area contributed by atoms with Gasteiger partial charge in [0.25, 0.3) is 5.91 Å². The molecule has 1 saturated heterocycles. The van der Waals surface area contributed by atoms with Gasteiger partial charge in [0.2, 0.25) is 0 Å². The van der Waals surface area contributed by atoms with Crippen LogP contribution in [0.1, 0.15) is 10.4 Å². The molecule has 21 heavy (non-hydrogen) atoms. The number of aromatic nitrogens is 1. The van der Waals surface area contributed by atoms with E-state index in [1.807, 2.05) is 11.0 Å². The molecule has 2 aromatic rings. The Morgan fingerprint density at radius 2 is 1.81 bits per heavy atom. The molecule has 0 N–H and O–H groups in total.